The SMILES string of the molecule is CC(C)NC(=O)c1cc2c([nH]c1=O)CCC[C@@H]2N. The fraction of sp³-hybridized carbons (Fsp3) is 0.538. The molecule has 98 valence electrons. The smallest absolute Gasteiger partial charge is 0.261 e. The van der Waals surface area contributed by atoms with Crippen molar-refractivity contribution in [2.45, 2.75) is 45.2 Å². The fourth-order valence-electron chi connectivity index (χ4n) is 2.29. The molecule has 1 aliphatic rings. The summed E-state index contributed by atoms with van der Waals surface area (Å²) in [4.78, 5) is 26.5. The Labute approximate surface area is 106 Å². The first-order valence-electron chi connectivity index (χ1n) is 6.31. The molecule has 0 radical (unpaired) electrons. The third-order valence-corrected chi connectivity index (χ3v) is 3.16. The van der Waals surface area contributed by atoms with Gasteiger partial charge in [-0.15, -0.1) is 0 Å². The summed E-state index contributed by atoms with van der Waals surface area (Å²) in [6.45, 7) is 3.71. The molecule has 1 heterocycles. The van der Waals surface area contributed by atoms with Crippen LogP contribution in [0.1, 0.15) is 54.3 Å². The molecule has 4 N–H and O–H groups in total. The van der Waals surface area contributed by atoms with Crippen molar-refractivity contribution in [3.8, 4) is 0 Å². The number of nitrogens with one attached hydrogen (secondary N) is 2. The normalized spacial score (nSPS) is 18.6. The van der Waals surface area contributed by atoms with E-state index in [1.807, 2.05) is 13.8 Å². The van der Waals surface area contributed by atoms with Crippen molar-refractivity contribution in [1.82, 2.24) is 10.3 Å². The number of aromatic amines is 1. The molecule has 5 heteroatoms. The minimum atomic E-state index is -0.341. The monoisotopic (exact) mass is 249 g/mol. The first-order valence-corrected chi connectivity index (χ1v) is 6.31. The molecule has 1 atom stereocenters. The summed E-state index contributed by atoms with van der Waals surface area (Å²) in [5.74, 6) is -0.341. The molecule has 0 aromatic carbocycles. The van der Waals surface area contributed by atoms with Crippen LogP contribution in [-0.2, 0) is 6.42 Å². The Morgan fingerprint density at radius 2 is 2.28 bits per heavy atom. The number of carbonyl (C=O) groups excluding carboxylic acids is 1. The lowest BCUT2D eigenvalue weighted by Gasteiger charge is -2.22. The Morgan fingerprint density at radius 1 is 1.56 bits per heavy atom. The number of nitrogens with two attached hydrogens (primary N) is 1. The maximum absolute atomic E-state index is 11.9. The third kappa shape index (κ3) is 2.46. The molecule has 0 bridgehead atoms. The number of carbonyl (C=O) groups is 1. The van der Waals surface area contributed by atoms with Crippen LogP contribution in [0.15, 0.2) is 10.9 Å². The Balaban J connectivity index is 2.40. The van der Waals surface area contributed by atoms with E-state index in [1.165, 1.54) is 0 Å². The Morgan fingerprint density at radius 3 is 2.94 bits per heavy atom. The van der Waals surface area contributed by atoms with Gasteiger partial charge in [0.05, 0.1) is 0 Å². The predicted molar refractivity (Wildman–Crippen MR) is 69.5 cm³/mol. The van der Waals surface area contributed by atoms with Gasteiger partial charge in [-0.2, -0.15) is 0 Å². The minimum Gasteiger partial charge on any atom is -0.350 e. The molecular formula is C13H19N3O2. The third-order valence-electron chi connectivity index (χ3n) is 3.16. The van der Waals surface area contributed by atoms with E-state index in [-0.39, 0.29) is 29.1 Å². The van der Waals surface area contributed by atoms with Gasteiger partial charge in [-0.1, -0.05) is 0 Å². The maximum Gasteiger partial charge on any atom is 0.261 e. The van der Waals surface area contributed by atoms with Crippen molar-refractivity contribution in [2.24, 2.45) is 5.73 Å². The quantitative estimate of drug-likeness (QED) is 0.726. The number of pyridine rings is 1. The molecule has 0 saturated carbocycles. The molecule has 18 heavy (non-hydrogen) atoms. The molecule has 1 aromatic rings. The standard InChI is InChI=1S/C13H19N3O2/c1-7(2)15-12(17)9-6-8-10(14)4-3-5-11(8)16-13(9)18/h6-7,10H,3-5,14H2,1-2H3,(H,15,17)(H,16,18)/t10-/m0/s1. The van der Waals surface area contributed by atoms with Crippen LogP contribution in [-0.4, -0.2) is 16.9 Å². The molecule has 0 saturated heterocycles. The van der Waals surface area contributed by atoms with Gasteiger partial charge >= 0.3 is 0 Å². The van der Waals surface area contributed by atoms with Gasteiger partial charge in [0, 0.05) is 17.8 Å². The van der Waals surface area contributed by atoms with Crippen LogP contribution >= 0.6 is 0 Å². The van der Waals surface area contributed by atoms with Crippen LogP contribution in [0.25, 0.3) is 0 Å². The lowest BCUT2D eigenvalue weighted by Crippen LogP contribution is -2.35. The summed E-state index contributed by atoms with van der Waals surface area (Å²) in [6, 6.07) is 1.56. The highest BCUT2D eigenvalue weighted by atomic mass is 16.2. The second kappa shape index (κ2) is 4.94. The van der Waals surface area contributed by atoms with Crippen molar-refractivity contribution < 1.29 is 4.79 Å². The number of aromatic nitrogens is 1. The maximum atomic E-state index is 11.9. The number of hydrogen-bond acceptors (Lipinski definition) is 3. The highest BCUT2D eigenvalue weighted by molar-refractivity contribution is 5.94. The first-order chi connectivity index (χ1) is 8.49. The second-order valence-corrected chi connectivity index (χ2v) is 5.07. The molecule has 0 fully saturated rings. The topological polar surface area (TPSA) is 88.0 Å². The Hall–Kier alpha value is -1.62. The van der Waals surface area contributed by atoms with Gasteiger partial charge < -0.3 is 16.0 Å². The van der Waals surface area contributed by atoms with Crippen molar-refractivity contribution in [3.05, 3.63) is 33.2 Å². The van der Waals surface area contributed by atoms with Crippen LogP contribution in [0, 0.1) is 0 Å². The van der Waals surface area contributed by atoms with Gasteiger partial charge in [0.1, 0.15) is 5.56 Å². The fourth-order valence-corrected chi connectivity index (χ4v) is 2.29. The zero-order valence-electron chi connectivity index (χ0n) is 10.7. The van der Waals surface area contributed by atoms with Gasteiger partial charge in [-0.05, 0) is 44.7 Å². The average molecular weight is 249 g/mol. The zero-order chi connectivity index (χ0) is 13.3. The number of rotatable bonds is 2. The molecule has 2 rings (SSSR count). The number of fused-ring (bicyclic) bond motifs is 1. The van der Waals surface area contributed by atoms with E-state index < -0.39 is 0 Å². The molecule has 1 aliphatic carbocycles. The number of hydrogen-bond donors (Lipinski definition) is 3. The van der Waals surface area contributed by atoms with E-state index in [0.29, 0.717) is 0 Å². The van der Waals surface area contributed by atoms with Crippen LogP contribution in [0.3, 0.4) is 0 Å². The van der Waals surface area contributed by atoms with E-state index >= 15 is 0 Å². The lowest BCUT2D eigenvalue weighted by atomic mass is 9.91. The molecule has 5 nitrogen and oxygen atoms in total. The van der Waals surface area contributed by atoms with Gasteiger partial charge in [-0.25, -0.2) is 0 Å². The number of H-pyrrole nitrogens is 1. The summed E-state index contributed by atoms with van der Waals surface area (Å²) in [5.41, 5.74) is 7.61. The largest absolute Gasteiger partial charge is 0.350 e. The second-order valence-electron chi connectivity index (χ2n) is 5.07. The summed E-state index contributed by atoms with van der Waals surface area (Å²) >= 11 is 0. The number of aryl methyl sites for hydroxylation is 1. The lowest BCUT2D eigenvalue weighted by molar-refractivity contribution is 0.0941. The predicted octanol–water partition coefficient (Wildman–Crippen LogP) is 0.849. The Kier molecular flexibility index (Phi) is 3.52. The number of amides is 1. The van der Waals surface area contributed by atoms with Gasteiger partial charge in [-0.3, -0.25) is 9.59 Å². The van der Waals surface area contributed by atoms with Gasteiger partial charge in [0.25, 0.3) is 11.5 Å². The molecule has 0 unspecified atom stereocenters. The molecule has 1 amide bonds. The van der Waals surface area contributed by atoms with Gasteiger partial charge in [0.15, 0.2) is 0 Å². The van der Waals surface area contributed by atoms with Crippen LogP contribution in [0.4, 0.5) is 0 Å². The van der Waals surface area contributed by atoms with E-state index in [2.05, 4.69) is 10.3 Å². The van der Waals surface area contributed by atoms with Crippen LogP contribution in [0.2, 0.25) is 0 Å². The van der Waals surface area contributed by atoms with Crippen molar-refractivity contribution in [1.29, 1.82) is 0 Å². The van der Waals surface area contributed by atoms with E-state index in [1.54, 1.807) is 6.07 Å². The highest BCUT2D eigenvalue weighted by Crippen LogP contribution is 2.25. The van der Waals surface area contributed by atoms with E-state index in [9.17, 15) is 9.59 Å². The van der Waals surface area contributed by atoms with E-state index in [4.69, 9.17) is 5.73 Å². The molecular weight excluding hydrogens is 230 g/mol. The van der Waals surface area contributed by atoms with Crippen molar-refractivity contribution in [2.75, 3.05) is 0 Å². The minimum absolute atomic E-state index is 0.00149. The first kappa shape index (κ1) is 12.8. The Bertz CT molecular complexity index is 519. The zero-order valence-corrected chi connectivity index (χ0v) is 10.7. The van der Waals surface area contributed by atoms with Crippen LogP contribution in [0.5, 0.6) is 0 Å². The molecule has 1 aromatic heterocycles. The average Bonchev–Trinajstić information content (AvgIpc) is 2.27. The van der Waals surface area contributed by atoms with Crippen molar-refractivity contribution >= 4 is 5.91 Å². The van der Waals surface area contributed by atoms with E-state index in [0.717, 1.165) is 30.5 Å². The summed E-state index contributed by atoms with van der Waals surface area (Å²) in [6.07, 6.45) is 2.69. The molecule has 0 spiro atoms. The van der Waals surface area contributed by atoms with Crippen molar-refractivity contribution in [3.63, 3.8) is 0 Å². The highest BCUT2D eigenvalue weighted by Gasteiger charge is 2.21. The summed E-state index contributed by atoms with van der Waals surface area (Å²) in [5, 5.41) is 2.72. The summed E-state index contributed by atoms with van der Waals surface area (Å²) in [7, 11) is 0. The molecule has 0 aliphatic heterocycles. The summed E-state index contributed by atoms with van der Waals surface area (Å²) < 4.78 is 0. The van der Waals surface area contributed by atoms with Gasteiger partial charge in [0.2, 0.25) is 0 Å². The van der Waals surface area contributed by atoms with Crippen LogP contribution < -0.4 is 16.6 Å².